The van der Waals surface area contributed by atoms with Crippen LogP contribution in [-0.4, -0.2) is 41.3 Å². The lowest BCUT2D eigenvalue weighted by Crippen LogP contribution is -2.36. The second-order valence-corrected chi connectivity index (χ2v) is 5.75. The Morgan fingerprint density at radius 3 is 2.73 bits per heavy atom. The Bertz CT molecular complexity index is 575. The number of nitrogens with zero attached hydrogens (tertiary/aromatic N) is 2. The lowest BCUT2D eigenvalue weighted by atomic mass is 10.2. The van der Waals surface area contributed by atoms with Crippen molar-refractivity contribution in [2.45, 2.75) is 51.0 Å². The molecular formula is C14H22N6O2. The summed E-state index contributed by atoms with van der Waals surface area (Å²) < 4.78 is 5.78. The van der Waals surface area contributed by atoms with Crippen molar-refractivity contribution < 1.29 is 9.53 Å². The Balaban J connectivity index is 1.63. The van der Waals surface area contributed by atoms with Crippen molar-refractivity contribution in [2.75, 3.05) is 23.4 Å². The van der Waals surface area contributed by atoms with E-state index in [0.29, 0.717) is 35.6 Å². The van der Waals surface area contributed by atoms with E-state index in [1.54, 1.807) is 14.0 Å². The van der Waals surface area contributed by atoms with Crippen LogP contribution in [-0.2, 0) is 9.53 Å². The Morgan fingerprint density at radius 2 is 2.05 bits per heavy atom. The van der Waals surface area contributed by atoms with Crippen LogP contribution in [0.2, 0.25) is 0 Å². The maximum Gasteiger partial charge on any atom is 0.249 e. The number of aryl methyl sites for hydroxylation is 1. The fourth-order valence-electron chi connectivity index (χ4n) is 2.56. The van der Waals surface area contributed by atoms with E-state index in [9.17, 15) is 4.79 Å². The molecule has 0 aromatic carbocycles. The van der Waals surface area contributed by atoms with E-state index in [1.807, 2.05) is 0 Å². The largest absolute Gasteiger partial charge is 0.382 e. The molecule has 8 heteroatoms. The summed E-state index contributed by atoms with van der Waals surface area (Å²) in [6.45, 7) is 1.78. The summed E-state index contributed by atoms with van der Waals surface area (Å²) >= 11 is 0. The summed E-state index contributed by atoms with van der Waals surface area (Å²) in [5.41, 5.74) is 6.52. The minimum absolute atomic E-state index is 0.0148. The molecule has 120 valence electrons. The predicted molar refractivity (Wildman–Crippen MR) is 83.4 cm³/mol. The molecule has 0 radical (unpaired) electrons. The van der Waals surface area contributed by atoms with Gasteiger partial charge in [-0.2, -0.15) is 0 Å². The summed E-state index contributed by atoms with van der Waals surface area (Å²) in [7, 11) is 1.76. The van der Waals surface area contributed by atoms with Gasteiger partial charge in [0.1, 0.15) is 23.8 Å². The standard InChI is InChI=1S/C14H22N6O2/c1-7-17-12(15)11(16-2)13(18-7)20-10-6-5-9(22-10)14(21)19-8-3-4-8/h8-10,16H,3-6H2,1-2H3,(H,19,21)(H3,15,17,18,20)/t9-,10+/m0/s1. The molecule has 1 aliphatic heterocycles. The Hall–Kier alpha value is -2.09. The van der Waals surface area contributed by atoms with Crippen LogP contribution in [0, 0.1) is 6.92 Å². The Kier molecular flexibility index (Phi) is 4.02. The van der Waals surface area contributed by atoms with Crippen molar-refractivity contribution >= 4 is 23.2 Å². The third-order valence-electron chi connectivity index (χ3n) is 3.83. The number of aromatic nitrogens is 2. The molecule has 5 N–H and O–H groups in total. The highest BCUT2D eigenvalue weighted by atomic mass is 16.5. The molecule has 1 aromatic heterocycles. The number of nitrogen functional groups attached to an aromatic ring is 1. The van der Waals surface area contributed by atoms with Gasteiger partial charge in [0.15, 0.2) is 11.6 Å². The highest BCUT2D eigenvalue weighted by Crippen LogP contribution is 2.29. The third kappa shape index (κ3) is 3.22. The Morgan fingerprint density at radius 1 is 1.27 bits per heavy atom. The smallest absolute Gasteiger partial charge is 0.249 e. The van der Waals surface area contributed by atoms with Gasteiger partial charge >= 0.3 is 0 Å². The monoisotopic (exact) mass is 306 g/mol. The first kappa shape index (κ1) is 14.8. The maximum atomic E-state index is 12.0. The van der Waals surface area contributed by atoms with Gasteiger partial charge in [-0.1, -0.05) is 0 Å². The quantitative estimate of drug-likeness (QED) is 0.630. The number of nitrogens with one attached hydrogen (secondary N) is 3. The average Bonchev–Trinajstić information content (AvgIpc) is 3.14. The summed E-state index contributed by atoms with van der Waals surface area (Å²) in [4.78, 5) is 20.5. The molecule has 1 aromatic rings. The second-order valence-electron chi connectivity index (χ2n) is 5.75. The molecule has 3 rings (SSSR count). The Labute approximate surface area is 129 Å². The van der Waals surface area contributed by atoms with Gasteiger partial charge < -0.3 is 26.4 Å². The van der Waals surface area contributed by atoms with Crippen molar-refractivity contribution in [2.24, 2.45) is 0 Å². The van der Waals surface area contributed by atoms with Gasteiger partial charge in [-0.3, -0.25) is 4.79 Å². The summed E-state index contributed by atoms with van der Waals surface area (Å²) in [6.07, 6.45) is 2.95. The van der Waals surface area contributed by atoms with Crippen LogP contribution in [0.1, 0.15) is 31.5 Å². The van der Waals surface area contributed by atoms with Gasteiger partial charge in [0.25, 0.3) is 0 Å². The zero-order valence-electron chi connectivity index (χ0n) is 12.8. The highest BCUT2D eigenvalue weighted by Gasteiger charge is 2.34. The third-order valence-corrected chi connectivity index (χ3v) is 3.83. The normalized spacial score (nSPS) is 24.1. The zero-order chi connectivity index (χ0) is 15.7. The lowest BCUT2D eigenvalue weighted by Gasteiger charge is -2.18. The molecule has 1 aliphatic carbocycles. The van der Waals surface area contributed by atoms with E-state index >= 15 is 0 Å². The number of ether oxygens (including phenoxy) is 1. The SMILES string of the molecule is CNc1c(N)nc(C)nc1N[C@H]1CC[C@@H](C(=O)NC2CC2)O1. The first-order chi connectivity index (χ1) is 10.6. The molecule has 2 fully saturated rings. The summed E-state index contributed by atoms with van der Waals surface area (Å²) in [5, 5.41) is 9.16. The van der Waals surface area contributed by atoms with E-state index in [4.69, 9.17) is 10.5 Å². The number of anilines is 3. The van der Waals surface area contributed by atoms with Gasteiger partial charge in [-0.15, -0.1) is 0 Å². The predicted octanol–water partition coefficient (Wildman–Crippen LogP) is 0.605. The number of nitrogens with two attached hydrogens (primary N) is 1. The van der Waals surface area contributed by atoms with Crippen molar-refractivity contribution in [3.8, 4) is 0 Å². The van der Waals surface area contributed by atoms with E-state index in [-0.39, 0.29) is 12.1 Å². The first-order valence-corrected chi connectivity index (χ1v) is 7.61. The van der Waals surface area contributed by atoms with E-state index in [2.05, 4.69) is 25.9 Å². The molecule has 2 heterocycles. The van der Waals surface area contributed by atoms with Crippen molar-refractivity contribution in [1.82, 2.24) is 15.3 Å². The van der Waals surface area contributed by atoms with Gasteiger partial charge in [-0.25, -0.2) is 9.97 Å². The number of carbonyl (C=O) groups is 1. The molecule has 8 nitrogen and oxygen atoms in total. The number of rotatable bonds is 5. The fraction of sp³-hybridized carbons (Fsp3) is 0.643. The summed E-state index contributed by atoms with van der Waals surface area (Å²) in [6, 6.07) is 0.350. The van der Waals surface area contributed by atoms with Crippen LogP contribution < -0.4 is 21.7 Å². The van der Waals surface area contributed by atoms with Crippen LogP contribution in [0.5, 0.6) is 0 Å². The van der Waals surface area contributed by atoms with Gasteiger partial charge in [0.2, 0.25) is 5.91 Å². The van der Waals surface area contributed by atoms with E-state index in [1.165, 1.54) is 0 Å². The van der Waals surface area contributed by atoms with E-state index in [0.717, 1.165) is 19.3 Å². The van der Waals surface area contributed by atoms with Crippen molar-refractivity contribution in [3.63, 3.8) is 0 Å². The zero-order valence-corrected chi connectivity index (χ0v) is 12.8. The average molecular weight is 306 g/mol. The maximum absolute atomic E-state index is 12.0. The molecule has 0 bridgehead atoms. The number of amides is 1. The van der Waals surface area contributed by atoms with Gasteiger partial charge in [0.05, 0.1) is 0 Å². The molecular weight excluding hydrogens is 284 g/mol. The molecule has 2 aliphatic rings. The molecule has 0 spiro atoms. The number of carbonyl (C=O) groups excluding carboxylic acids is 1. The molecule has 1 amide bonds. The molecule has 0 unspecified atom stereocenters. The fourth-order valence-corrected chi connectivity index (χ4v) is 2.56. The van der Waals surface area contributed by atoms with Crippen molar-refractivity contribution in [1.29, 1.82) is 0 Å². The minimum Gasteiger partial charge on any atom is -0.382 e. The molecule has 22 heavy (non-hydrogen) atoms. The van der Waals surface area contributed by atoms with Crippen LogP contribution >= 0.6 is 0 Å². The number of hydrogen-bond donors (Lipinski definition) is 4. The molecule has 2 atom stereocenters. The minimum atomic E-state index is -0.392. The summed E-state index contributed by atoms with van der Waals surface area (Å²) in [5.74, 6) is 1.55. The first-order valence-electron chi connectivity index (χ1n) is 7.61. The van der Waals surface area contributed by atoms with Crippen LogP contribution in [0.25, 0.3) is 0 Å². The highest BCUT2D eigenvalue weighted by molar-refractivity contribution is 5.81. The van der Waals surface area contributed by atoms with E-state index < -0.39 is 6.10 Å². The van der Waals surface area contributed by atoms with Gasteiger partial charge in [0, 0.05) is 13.1 Å². The van der Waals surface area contributed by atoms with Crippen molar-refractivity contribution in [3.05, 3.63) is 5.82 Å². The van der Waals surface area contributed by atoms with Gasteiger partial charge in [-0.05, 0) is 32.6 Å². The van der Waals surface area contributed by atoms with Crippen LogP contribution in [0.3, 0.4) is 0 Å². The topological polar surface area (TPSA) is 114 Å². The second kappa shape index (κ2) is 5.96. The molecule has 1 saturated carbocycles. The van der Waals surface area contributed by atoms with Crippen LogP contribution in [0.15, 0.2) is 0 Å². The molecule has 1 saturated heterocycles. The number of hydrogen-bond acceptors (Lipinski definition) is 7. The lowest BCUT2D eigenvalue weighted by molar-refractivity contribution is -0.131. The van der Waals surface area contributed by atoms with Crippen LogP contribution in [0.4, 0.5) is 17.3 Å².